The first-order valence-electron chi connectivity index (χ1n) is 7.77. The predicted molar refractivity (Wildman–Crippen MR) is 92.3 cm³/mol. The van der Waals surface area contributed by atoms with Gasteiger partial charge in [0.05, 0.1) is 13.4 Å². The molecule has 2 aromatic heterocycles. The zero-order valence-electron chi connectivity index (χ0n) is 13.8. The van der Waals surface area contributed by atoms with Crippen LogP contribution < -0.4 is 14.8 Å². The molecule has 1 N–H and O–H groups in total. The van der Waals surface area contributed by atoms with Crippen molar-refractivity contribution in [2.24, 2.45) is 0 Å². The fourth-order valence-corrected chi connectivity index (χ4v) is 2.23. The van der Waals surface area contributed by atoms with E-state index in [2.05, 4.69) is 10.3 Å². The summed E-state index contributed by atoms with van der Waals surface area (Å²) in [6.45, 7) is 0.319. The minimum Gasteiger partial charge on any atom is -0.497 e. The number of nitrogens with one attached hydrogen (secondary N) is 1. The molecule has 6 heteroatoms. The zero-order chi connectivity index (χ0) is 17.5. The van der Waals surface area contributed by atoms with E-state index in [-0.39, 0.29) is 12.5 Å². The molecule has 3 aromatic rings. The number of ether oxygens (including phenoxy) is 2. The third kappa shape index (κ3) is 4.60. The van der Waals surface area contributed by atoms with Gasteiger partial charge in [0.2, 0.25) is 0 Å². The van der Waals surface area contributed by atoms with E-state index in [9.17, 15) is 4.79 Å². The van der Waals surface area contributed by atoms with Gasteiger partial charge in [-0.3, -0.25) is 9.78 Å². The largest absolute Gasteiger partial charge is 0.497 e. The summed E-state index contributed by atoms with van der Waals surface area (Å²) in [5.41, 5.74) is 1.65. The average molecular weight is 338 g/mol. The van der Waals surface area contributed by atoms with Gasteiger partial charge in [0.1, 0.15) is 17.2 Å². The lowest BCUT2D eigenvalue weighted by molar-refractivity contribution is -0.123. The number of hydrogen-bond donors (Lipinski definition) is 1. The summed E-state index contributed by atoms with van der Waals surface area (Å²) in [7, 11) is 1.58. The van der Waals surface area contributed by atoms with Crippen LogP contribution in [-0.4, -0.2) is 24.6 Å². The van der Waals surface area contributed by atoms with Crippen molar-refractivity contribution in [3.05, 3.63) is 66.6 Å². The Morgan fingerprint density at radius 3 is 2.84 bits per heavy atom. The normalized spacial score (nSPS) is 10.3. The Hall–Kier alpha value is -3.28. The van der Waals surface area contributed by atoms with Crippen LogP contribution in [0.25, 0.3) is 11.5 Å². The van der Waals surface area contributed by atoms with Crippen LogP contribution in [0.2, 0.25) is 0 Å². The second-order valence-corrected chi connectivity index (χ2v) is 5.27. The molecule has 3 rings (SSSR count). The van der Waals surface area contributed by atoms with E-state index in [0.29, 0.717) is 23.8 Å². The van der Waals surface area contributed by atoms with Gasteiger partial charge in [-0.15, -0.1) is 0 Å². The van der Waals surface area contributed by atoms with Gasteiger partial charge in [0, 0.05) is 18.8 Å². The van der Waals surface area contributed by atoms with Crippen LogP contribution in [0.5, 0.6) is 11.5 Å². The van der Waals surface area contributed by atoms with Gasteiger partial charge in [-0.25, -0.2) is 0 Å². The van der Waals surface area contributed by atoms with Gasteiger partial charge in [-0.05, 0) is 42.0 Å². The number of methoxy groups -OCH3 is 1. The lowest BCUT2D eigenvalue weighted by atomic mass is 10.2. The summed E-state index contributed by atoms with van der Waals surface area (Å²) in [4.78, 5) is 16.2. The molecular weight excluding hydrogens is 320 g/mol. The van der Waals surface area contributed by atoms with Crippen molar-refractivity contribution in [3.8, 4) is 23.0 Å². The highest BCUT2D eigenvalue weighted by molar-refractivity contribution is 5.77. The van der Waals surface area contributed by atoms with Crippen LogP contribution in [-0.2, 0) is 11.3 Å². The topological polar surface area (TPSA) is 73.6 Å². The molecular formula is C19H18N2O4. The Kier molecular flexibility index (Phi) is 5.31. The van der Waals surface area contributed by atoms with E-state index in [0.717, 1.165) is 11.3 Å². The summed E-state index contributed by atoms with van der Waals surface area (Å²) in [6.07, 6.45) is 3.29. The van der Waals surface area contributed by atoms with Crippen molar-refractivity contribution in [2.45, 2.75) is 6.54 Å². The third-order valence-electron chi connectivity index (χ3n) is 3.50. The second-order valence-electron chi connectivity index (χ2n) is 5.27. The molecule has 1 aromatic carbocycles. The lowest BCUT2D eigenvalue weighted by Gasteiger charge is -2.09. The van der Waals surface area contributed by atoms with Crippen molar-refractivity contribution in [1.29, 1.82) is 0 Å². The molecule has 0 unspecified atom stereocenters. The molecule has 0 spiro atoms. The van der Waals surface area contributed by atoms with Crippen molar-refractivity contribution in [2.75, 3.05) is 13.7 Å². The Labute approximate surface area is 145 Å². The molecule has 1 amide bonds. The number of carbonyl (C=O) groups excluding carboxylic acids is 1. The van der Waals surface area contributed by atoms with E-state index in [4.69, 9.17) is 13.9 Å². The first-order chi connectivity index (χ1) is 12.2. The zero-order valence-corrected chi connectivity index (χ0v) is 13.8. The third-order valence-corrected chi connectivity index (χ3v) is 3.50. The molecule has 0 radical (unpaired) electrons. The molecule has 0 bridgehead atoms. The van der Waals surface area contributed by atoms with E-state index in [1.165, 1.54) is 0 Å². The number of nitrogens with zero attached hydrogens (tertiary/aromatic N) is 1. The Morgan fingerprint density at radius 2 is 2.04 bits per heavy atom. The van der Waals surface area contributed by atoms with Crippen LogP contribution >= 0.6 is 0 Å². The molecule has 0 atom stereocenters. The summed E-state index contributed by atoms with van der Waals surface area (Å²) >= 11 is 0. The minimum atomic E-state index is -0.209. The summed E-state index contributed by atoms with van der Waals surface area (Å²) in [5.74, 6) is 1.74. The number of pyridine rings is 1. The van der Waals surface area contributed by atoms with E-state index < -0.39 is 0 Å². The van der Waals surface area contributed by atoms with Crippen molar-refractivity contribution >= 4 is 5.91 Å². The Balaban J connectivity index is 1.51. The Bertz CT molecular complexity index is 831. The molecule has 25 heavy (non-hydrogen) atoms. The van der Waals surface area contributed by atoms with Gasteiger partial charge in [-0.1, -0.05) is 6.07 Å². The average Bonchev–Trinajstić information content (AvgIpc) is 3.20. The number of benzene rings is 1. The molecule has 0 saturated heterocycles. The van der Waals surface area contributed by atoms with Gasteiger partial charge in [0.15, 0.2) is 12.4 Å². The van der Waals surface area contributed by atoms with Crippen LogP contribution in [0.3, 0.4) is 0 Å². The number of hydrogen-bond acceptors (Lipinski definition) is 5. The summed E-state index contributed by atoms with van der Waals surface area (Å²) in [6, 6.07) is 14.5. The van der Waals surface area contributed by atoms with Crippen molar-refractivity contribution in [1.82, 2.24) is 10.3 Å². The quantitative estimate of drug-likeness (QED) is 0.717. The highest BCUT2D eigenvalue weighted by Gasteiger charge is 2.06. The predicted octanol–water partition coefficient (Wildman–Crippen LogP) is 3.05. The van der Waals surface area contributed by atoms with E-state index in [1.54, 1.807) is 43.8 Å². The fraction of sp³-hybridized carbons (Fsp3) is 0.158. The SMILES string of the molecule is COc1cccc(OCC(=O)NCc2ccnc(-c3ccco3)c2)c1. The molecule has 2 heterocycles. The first-order valence-corrected chi connectivity index (χ1v) is 7.77. The standard InChI is InChI=1S/C19H18N2O4/c1-23-15-4-2-5-16(11-15)25-13-19(22)21-12-14-7-8-20-17(10-14)18-6-3-9-24-18/h2-11H,12-13H2,1H3,(H,21,22). The van der Waals surface area contributed by atoms with Gasteiger partial charge < -0.3 is 19.2 Å². The highest BCUT2D eigenvalue weighted by Crippen LogP contribution is 2.19. The molecule has 0 saturated carbocycles. The monoisotopic (exact) mass is 338 g/mol. The molecule has 0 aliphatic rings. The molecule has 0 aliphatic carbocycles. The summed E-state index contributed by atoms with van der Waals surface area (Å²) in [5, 5.41) is 2.82. The van der Waals surface area contributed by atoms with Gasteiger partial charge in [-0.2, -0.15) is 0 Å². The second kappa shape index (κ2) is 8.01. The number of rotatable bonds is 7. The van der Waals surface area contributed by atoms with E-state index in [1.807, 2.05) is 24.3 Å². The first kappa shape index (κ1) is 16.6. The van der Waals surface area contributed by atoms with E-state index >= 15 is 0 Å². The van der Waals surface area contributed by atoms with Crippen LogP contribution in [0.4, 0.5) is 0 Å². The molecule has 128 valence electrons. The summed E-state index contributed by atoms with van der Waals surface area (Å²) < 4.78 is 15.9. The number of carbonyl (C=O) groups is 1. The van der Waals surface area contributed by atoms with Crippen LogP contribution in [0.1, 0.15) is 5.56 Å². The molecule has 0 fully saturated rings. The lowest BCUT2D eigenvalue weighted by Crippen LogP contribution is -2.28. The molecule has 6 nitrogen and oxygen atoms in total. The number of furan rings is 1. The maximum Gasteiger partial charge on any atom is 0.258 e. The number of amides is 1. The van der Waals surface area contributed by atoms with Gasteiger partial charge in [0.25, 0.3) is 5.91 Å². The highest BCUT2D eigenvalue weighted by atomic mass is 16.5. The van der Waals surface area contributed by atoms with Crippen molar-refractivity contribution < 1.29 is 18.7 Å². The molecule has 0 aliphatic heterocycles. The fourth-order valence-electron chi connectivity index (χ4n) is 2.23. The van der Waals surface area contributed by atoms with Gasteiger partial charge >= 0.3 is 0 Å². The van der Waals surface area contributed by atoms with Crippen LogP contribution in [0.15, 0.2) is 65.4 Å². The van der Waals surface area contributed by atoms with Crippen LogP contribution in [0, 0.1) is 0 Å². The Morgan fingerprint density at radius 1 is 1.16 bits per heavy atom. The maximum atomic E-state index is 12.0. The maximum absolute atomic E-state index is 12.0. The smallest absolute Gasteiger partial charge is 0.258 e. The number of aromatic nitrogens is 1. The van der Waals surface area contributed by atoms with Crippen molar-refractivity contribution in [3.63, 3.8) is 0 Å². The minimum absolute atomic E-state index is 0.0662.